The molecule has 122 valence electrons. The van der Waals surface area contributed by atoms with Crippen LogP contribution in [0, 0.1) is 0 Å². The Morgan fingerprint density at radius 1 is 1.22 bits per heavy atom. The van der Waals surface area contributed by atoms with Gasteiger partial charge in [0.05, 0.1) is 0 Å². The minimum absolute atomic E-state index is 0.253. The molecule has 0 bridgehead atoms. The number of rotatable bonds is 6. The first-order valence-electron chi connectivity index (χ1n) is 7.68. The SMILES string of the molecule is CCC(C)Nc1nccc(C(=O)Nc2ccc(N(C)C)cc2)n1. The van der Waals surface area contributed by atoms with Gasteiger partial charge in [0.15, 0.2) is 0 Å². The summed E-state index contributed by atoms with van der Waals surface area (Å²) in [6.07, 6.45) is 2.54. The van der Waals surface area contributed by atoms with E-state index in [2.05, 4.69) is 27.5 Å². The molecule has 1 atom stereocenters. The Hall–Kier alpha value is -2.63. The molecular formula is C17H23N5O. The maximum atomic E-state index is 12.3. The Kier molecular flexibility index (Phi) is 5.51. The van der Waals surface area contributed by atoms with Crippen molar-refractivity contribution in [1.29, 1.82) is 0 Å². The zero-order valence-electron chi connectivity index (χ0n) is 14.0. The fourth-order valence-corrected chi connectivity index (χ4v) is 1.92. The van der Waals surface area contributed by atoms with E-state index in [1.165, 1.54) is 0 Å². The van der Waals surface area contributed by atoms with Crippen LogP contribution >= 0.6 is 0 Å². The highest BCUT2D eigenvalue weighted by Crippen LogP contribution is 2.16. The fourth-order valence-electron chi connectivity index (χ4n) is 1.92. The topological polar surface area (TPSA) is 70.2 Å². The highest BCUT2D eigenvalue weighted by molar-refractivity contribution is 6.03. The highest BCUT2D eigenvalue weighted by atomic mass is 16.1. The molecule has 0 saturated heterocycles. The molecule has 0 aliphatic rings. The number of amides is 1. The Morgan fingerprint density at radius 2 is 1.91 bits per heavy atom. The lowest BCUT2D eigenvalue weighted by Crippen LogP contribution is -2.19. The van der Waals surface area contributed by atoms with Crippen LogP contribution in [0.2, 0.25) is 0 Å². The lowest BCUT2D eigenvalue weighted by molar-refractivity contribution is 0.102. The average Bonchev–Trinajstić information content (AvgIpc) is 2.55. The van der Waals surface area contributed by atoms with Gasteiger partial charge in [0, 0.05) is 37.7 Å². The van der Waals surface area contributed by atoms with Crippen molar-refractivity contribution >= 4 is 23.2 Å². The first kappa shape index (κ1) is 16.7. The second-order valence-corrected chi connectivity index (χ2v) is 5.61. The summed E-state index contributed by atoms with van der Waals surface area (Å²) in [6, 6.07) is 9.49. The van der Waals surface area contributed by atoms with Crippen molar-refractivity contribution in [2.75, 3.05) is 29.6 Å². The number of carbonyl (C=O) groups is 1. The quantitative estimate of drug-likeness (QED) is 0.858. The fraction of sp³-hybridized carbons (Fsp3) is 0.353. The molecule has 0 spiro atoms. The van der Waals surface area contributed by atoms with E-state index in [0.717, 1.165) is 17.8 Å². The van der Waals surface area contributed by atoms with Crippen molar-refractivity contribution in [1.82, 2.24) is 9.97 Å². The van der Waals surface area contributed by atoms with Gasteiger partial charge in [0.25, 0.3) is 5.91 Å². The molecule has 1 aromatic heterocycles. The monoisotopic (exact) mass is 313 g/mol. The second kappa shape index (κ2) is 7.58. The van der Waals surface area contributed by atoms with Crippen LogP contribution in [0.5, 0.6) is 0 Å². The van der Waals surface area contributed by atoms with Gasteiger partial charge in [-0.2, -0.15) is 0 Å². The third-order valence-electron chi connectivity index (χ3n) is 3.52. The van der Waals surface area contributed by atoms with Crippen molar-refractivity contribution in [3.05, 3.63) is 42.2 Å². The molecule has 6 heteroatoms. The molecule has 1 unspecified atom stereocenters. The minimum atomic E-state index is -0.253. The minimum Gasteiger partial charge on any atom is -0.378 e. The molecule has 23 heavy (non-hydrogen) atoms. The van der Waals surface area contributed by atoms with Crippen LogP contribution in [0.1, 0.15) is 30.8 Å². The number of hydrogen-bond donors (Lipinski definition) is 2. The molecule has 0 radical (unpaired) electrons. The molecular weight excluding hydrogens is 290 g/mol. The third-order valence-corrected chi connectivity index (χ3v) is 3.52. The van der Waals surface area contributed by atoms with Gasteiger partial charge < -0.3 is 15.5 Å². The summed E-state index contributed by atoms with van der Waals surface area (Å²) in [5.41, 5.74) is 2.14. The molecule has 1 heterocycles. The van der Waals surface area contributed by atoms with Crippen molar-refractivity contribution in [3.63, 3.8) is 0 Å². The summed E-state index contributed by atoms with van der Waals surface area (Å²) < 4.78 is 0. The first-order chi connectivity index (χ1) is 11.0. The molecule has 1 aromatic carbocycles. The number of nitrogens with zero attached hydrogens (tertiary/aromatic N) is 3. The number of aromatic nitrogens is 2. The van der Waals surface area contributed by atoms with E-state index in [1.807, 2.05) is 50.2 Å². The molecule has 2 aromatic rings. The number of carbonyl (C=O) groups excluding carboxylic acids is 1. The van der Waals surface area contributed by atoms with Gasteiger partial charge in [-0.1, -0.05) is 6.92 Å². The van der Waals surface area contributed by atoms with Crippen molar-refractivity contribution < 1.29 is 4.79 Å². The second-order valence-electron chi connectivity index (χ2n) is 5.61. The van der Waals surface area contributed by atoms with Gasteiger partial charge in [0.1, 0.15) is 5.69 Å². The molecule has 2 rings (SSSR count). The van der Waals surface area contributed by atoms with E-state index in [9.17, 15) is 4.79 Å². The van der Waals surface area contributed by atoms with Crippen LogP contribution in [-0.2, 0) is 0 Å². The Balaban J connectivity index is 2.06. The predicted octanol–water partition coefficient (Wildman–Crippen LogP) is 3.01. The number of benzene rings is 1. The van der Waals surface area contributed by atoms with Gasteiger partial charge in [-0.05, 0) is 43.7 Å². The van der Waals surface area contributed by atoms with E-state index in [4.69, 9.17) is 0 Å². The largest absolute Gasteiger partial charge is 0.378 e. The van der Waals surface area contributed by atoms with Crippen LogP contribution < -0.4 is 15.5 Å². The number of nitrogens with one attached hydrogen (secondary N) is 2. The Labute approximate surface area is 137 Å². The van der Waals surface area contributed by atoms with Crippen LogP contribution in [0.3, 0.4) is 0 Å². The van der Waals surface area contributed by atoms with E-state index in [1.54, 1.807) is 12.3 Å². The van der Waals surface area contributed by atoms with Crippen LogP contribution in [0.4, 0.5) is 17.3 Å². The molecule has 0 fully saturated rings. The van der Waals surface area contributed by atoms with E-state index < -0.39 is 0 Å². The summed E-state index contributed by atoms with van der Waals surface area (Å²) in [7, 11) is 3.95. The zero-order valence-corrected chi connectivity index (χ0v) is 14.0. The Bertz CT molecular complexity index is 654. The molecule has 6 nitrogen and oxygen atoms in total. The Morgan fingerprint density at radius 3 is 2.52 bits per heavy atom. The van der Waals surface area contributed by atoms with Crippen LogP contribution in [-0.4, -0.2) is 36.0 Å². The van der Waals surface area contributed by atoms with E-state index >= 15 is 0 Å². The maximum Gasteiger partial charge on any atom is 0.274 e. The average molecular weight is 313 g/mol. The van der Waals surface area contributed by atoms with Gasteiger partial charge in [0.2, 0.25) is 5.95 Å². The van der Waals surface area contributed by atoms with E-state index in [0.29, 0.717) is 11.6 Å². The van der Waals surface area contributed by atoms with Gasteiger partial charge in [-0.15, -0.1) is 0 Å². The molecule has 2 N–H and O–H groups in total. The van der Waals surface area contributed by atoms with Crippen molar-refractivity contribution in [3.8, 4) is 0 Å². The standard InChI is InChI=1S/C17H23N5O/c1-5-12(2)19-17-18-11-10-15(21-17)16(23)20-13-6-8-14(9-7-13)22(3)4/h6-12H,5H2,1-4H3,(H,20,23)(H,18,19,21). The van der Waals surface area contributed by atoms with Gasteiger partial charge in [-0.3, -0.25) is 4.79 Å². The normalized spacial score (nSPS) is 11.7. The number of anilines is 3. The molecule has 0 aliphatic carbocycles. The van der Waals surface area contributed by atoms with Crippen LogP contribution in [0.15, 0.2) is 36.5 Å². The molecule has 1 amide bonds. The molecule has 0 saturated carbocycles. The van der Waals surface area contributed by atoms with Crippen molar-refractivity contribution in [2.24, 2.45) is 0 Å². The van der Waals surface area contributed by atoms with Gasteiger partial charge in [-0.25, -0.2) is 9.97 Å². The lowest BCUT2D eigenvalue weighted by Gasteiger charge is -2.13. The lowest BCUT2D eigenvalue weighted by atomic mass is 10.2. The first-order valence-corrected chi connectivity index (χ1v) is 7.68. The summed E-state index contributed by atoms with van der Waals surface area (Å²) in [5, 5.41) is 6.01. The highest BCUT2D eigenvalue weighted by Gasteiger charge is 2.10. The smallest absolute Gasteiger partial charge is 0.274 e. The summed E-state index contributed by atoms with van der Waals surface area (Å²) in [5.74, 6) is 0.215. The third kappa shape index (κ3) is 4.67. The summed E-state index contributed by atoms with van der Waals surface area (Å²) in [4.78, 5) is 22.7. The summed E-state index contributed by atoms with van der Waals surface area (Å²) in [6.45, 7) is 4.12. The zero-order chi connectivity index (χ0) is 16.8. The van der Waals surface area contributed by atoms with E-state index in [-0.39, 0.29) is 11.9 Å². The van der Waals surface area contributed by atoms with Crippen LogP contribution in [0.25, 0.3) is 0 Å². The van der Waals surface area contributed by atoms with Crippen molar-refractivity contribution in [2.45, 2.75) is 26.3 Å². The number of hydrogen-bond acceptors (Lipinski definition) is 5. The maximum absolute atomic E-state index is 12.3. The predicted molar refractivity (Wildman–Crippen MR) is 94.1 cm³/mol. The summed E-state index contributed by atoms with van der Waals surface area (Å²) >= 11 is 0. The van der Waals surface area contributed by atoms with Gasteiger partial charge >= 0.3 is 0 Å². The molecule has 0 aliphatic heterocycles.